The lowest BCUT2D eigenvalue weighted by Crippen LogP contribution is -2.48. The average Bonchev–Trinajstić information content (AvgIpc) is 2.47. The fourth-order valence-corrected chi connectivity index (χ4v) is 3.68. The van der Waals surface area contributed by atoms with Crippen LogP contribution in [-0.2, 0) is 14.8 Å². The number of piperidine rings is 1. The Bertz CT molecular complexity index is 595. The predicted molar refractivity (Wildman–Crippen MR) is 81.7 cm³/mol. The highest BCUT2D eigenvalue weighted by Crippen LogP contribution is 2.15. The predicted octanol–water partition coefficient (Wildman–Crippen LogP) is 2.02. The van der Waals surface area contributed by atoms with Gasteiger partial charge >= 0.3 is 0 Å². The number of sulfonamides is 1. The van der Waals surface area contributed by atoms with Gasteiger partial charge in [-0.2, -0.15) is 4.72 Å². The van der Waals surface area contributed by atoms with E-state index in [9.17, 15) is 13.2 Å². The van der Waals surface area contributed by atoms with Crippen molar-refractivity contribution in [1.29, 1.82) is 0 Å². The maximum atomic E-state index is 12.2. The van der Waals surface area contributed by atoms with Gasteiger partial charge in [0.2, 0.25) is 15.9 Å². The van der Waals surface area contributed by atoms with Crippen LogP contribution in [0, 0.1) is 0 Å². The number of nitrogens with zero attached hydrogens (tertiary/aromatic N) is 1. The van der Waals surface area contributed by atoms with Crippen LogP contribution in [0.3, 0.4) is 0 Å². The lowest BCUT2D eigenvalue weighted by Gasteiger charge is -2.29. The average molecular weight is 331 g/mol. The van der Waals surface area contributed by atoms with E-state index in [0.29, 0.717) is 18.1 Å². The minimum Gasteiger partial charge on any atom is -0.341 e. The van der Waals surface area contributed by atoms with Crippen LogP contribution in [0.25, 0.3) is 0 Å². The first-order valence-electron chi connectivity index (χ1n) is 6.97. The fourth-order valence-electron chi connectivity index (χ4n) is 2.35. The molecule has 0 bridgehead atoms. The number of nitrogens with one attached hydrogen (secondary N) is 1. The number of carbonyl (C=O) groups excluding carboxylic acids is 1. The van der Waals surface area contributed by atoms with Gasteiger partial charge in [0.05, 0.1) is 10.9 Å². The summed E-state index contributed by atoms with van der Waals surface area (Å²) in [5, 5.41) is 0.464. The summed E-state index contributed by atoms with van der Waals surface area (Å²) in [5.74, 6) is -0.174. The lowest BCUT2D eigenvalue weighted by molar-refractivity contribution is -0.133. The van der Waals surface area contributed by atoms with Gasteiger partial charge in [-0.05, 0) is 50.5 Å². The Morgan fingerprint density at radius 1 is 1.19 bits per heavy atom. The number of rotatable bonds is 4. The molecule has 0 aliphatic carbocycles. The normalized spacial score (nSPS) is 17.5. The van der Waals surface area contributed by atoms with E-state index >= 15 is 0 Å². The molecular weight excluding hydrogens is 312 g/mol. The summed E-state index contributed by atoms with van der Waals surface area (Å²) in [4.78, 5) is 14.1. The standard InChI is InChI=1S/C14H19ClN2O3S/c1-11(14(18)17-9-3-2-4-10-17)16-21(19,20)13-7-5-12(15)6-8-13/h5-8,11,16H,2-4,9-10H2,1H3/t11-/m1/s1. The van der Waals surface area contributed by atoms with Crippen molar-refractivity contribution in [1.82, 2.24) is 9.62 Å². The Labute approximate surface area is 130 Å². The molecule has 1 aromatic carbocycles. The Balaban J connectivity index is 2.05. The molecule has 0 radical (unpaired) electrons. The van der Waals surface area contributed by atoms with Crippen LogP contribution in [0.2, 0.25) is 5.02 Å². The van der Waals surface area contributed by atoms with Crippen LogP contribution < -0.4 is 4.72 Å². The minimum atomic E-state index is -3.72. The summed E-state index contributed by atoms with van der Waals surface area (Å²) >= 11 is 5.74. The SMILES string of the molecule is C[C@@H](NS(=O)(=O)c1ccc(Cl)cc1)C(=O)N1CCCCC1. The zero-order chi connectivity index (χ0) is 15.5. The molecule has 0 unspecified atom stereocenters. The molecule has 5 nitrogen and oxygen atoms in total. The molecule has 1 aliphatic heterocycles. The van der Waals surface area contributed by atoms with Gasteiger partial charge in [0, 0.05) is 18.1 Å². The second-order valence-electron chi connectivity index (χ2n) is 5.18. The zero-order valence-corrected chi connectivity index (χ0v) is 13.5. The number of hydrogen-bond donors (Lipinski definition) is 1. The molecule has 1 fully saturated rings. The molecule has 1 saturated heterocycles. The lowest BCUT2D eigenvalue weighted by atomic mass is 10.1. The van der Waals surface area contributed by atoms with Gasteiger partial charge in [-0.3, -0.25) is 4.79 Å². The third-order valence-corrected chi connectivity index (χ3v) is 5.30. The minimum absolute atomic E-state index is 0.102. The number of benzene rings is 1. The van der Waals surface area contributed by atoms with Crippen molar-refractivity contribution in [3.8, 4) is 0 Å². The van der Waals surface area contributed by atoms with Crippen molar-refractivity contribution >= 4 is 27.5 Å². The van der Waals surface area contributed by atoms with Gasteiger partial charge in [0.1, 0.15) is 0 Å². The molecule has 1 aliphatic rings. The van der Waals surface area contributed by atoms with Crippen LogP contribution in [0.5, 0.6) is 0 Å². The Kier molecular flexibility index (Phi) is 5.24. The summed E-state index contributed by atoms with van der Waals surface area (Å²) in [6.45, 7) is 2.97. The Morgan fingerprint density at radius 2 is 1.76 bits per heavy atom. The number of likely N-dealkylation sites (tertiary alicyclic amines) is 1. The van der Waals surface area contributed by atoms with E-state index in [1.165, 1.54) is 24.3 Å². The second-order valence-corrected chi connectivity index (χ2v) is 7.33. The number of carbonyl (C=O) groups is 1. The van der Waals surface area contributed by atoms with Crippen LogP contribution >= 0.6 is 11.6 Å². The zero-order valence-electron chi connectivity index (χ0n) is 11.9. The van der Waals surface area contributed by atoms with Crippen molar-refractivity contribution in [2.45, 2.75) is 37.1 Å². The van der Waals surface area contributed by atoms with Crippen molar-refractivity contribution in [2.24, 2.45) is 0 Å². The van der Waals surface area contributed by atoms with E-state index < -0.39 is 16.1 Å². The quantitative estimate of drug-likeness (QED) is 0.918. The number of hydrogen-bond acceptors (Lipinski definition) is 3. The maximum absolute atomic E-state index is 12.2. The van der Waals surface area contributed by atoms with Crippen LogP contribution in [0.1, 0.15) is 26.2 Å². The molecule has 0 aromatic heterocycles. The largest absolute Gasteiger partial charge is 0.341 e. The molecule has 1 atom stereocenters. The van der Waals surface area contributed by atoms with Crippen LogP contribution in [0.15, 0.2) is 29.2 Å². The van der Waals surface area contributed by atoms with E-state index in [-0.39, 0.29) is 10.8 Å². The summed E-state index contributed by atoms with van der Waals surface area (Å²) in [6, 6.07) is 5.08. The van der Waals surface area contributed by atoms with E-state index in [2.05, 4.69) is 4.72 Å². The molecular formula is C14H19ClN2O3S. The molecule has 116 valence electrons. The van der Waals surface area contributed by atoms with Crippen LogP contribution in [-0.4, -0.2) is 38.4 Å². The molecule has 1 amide bonds. The molecule has 1 aromatic rings. The molecule has 2 rings (SSSR count). The first-order valence-corrected chi connectivity index (χ1v) is 8.83. The molecule has 1 N–H and O–H groups in total. The molecule has 7 heteroatoms. The van der Waals surface area contributed by atoms with Crippen molar-refractivity contribution in [3.63, 3.8) is 0 Å². The summed E-state index contributed by atoms with van der Waals surface area (Å²) in [6.07, 6.45) is 3.07. The first-order chi connectivity index (χ1) is 9.90. The van der Waals surface area contributed by atoms with Gasteiger partial charge < -0.3 is 4.90 Å². The van der Waals surface area contributed by atoms with Crippen molar-refractivity contribution < 1.29 is 13.2 Å². The first kappa shape index (κ1) is 16.3. The maximum Gasteiger partial charge on any atom is 0.241 e. The third kappa shape index (κ3) is 4.18. The summed E-state index contributed by atoms with van der Waals surface area (Å²) in [7, 11) is -3.72. The highest BCUT2D eigenvalue weighted by Gasteiger charge is 2.26. The van der Waals surface area contributed by atoms with Gasteiger partial charge in [-0.25, -0.2) is 8.42 Å². The highest BCUT2D eigenvalue weighted by atomic mass is 35.5. The van der Waals surface area contributed by atoms with Gasteiger partial charge in [0.15, 0.2) is 0 Å². The third-order valence-electron chi connectivity index (χ3n) is 3.49. The Morgan fingerprint density at radius 3 is 2.33 bits per heavy atom. The number of halogens is 1. The smallest absolute Gasteiger partial charge is 0.241 e. The molecule has 0 spiro atoms. The van der Waals surface area contributed by atoms with E-state index in [1.54, 1.807) is 11.8 Å². The second kappa shape index (κ2) is 6.77. The molecule has 21 heavy (non-hydrogen) atoms. The Hall–Kier alpha value is -1.11. The summed E-state index contributed by atoms with van der Waals surface area (Å²) in [5.41, 5.74) is 0. The fraction of sp³-hybridized carbons (Fsp3) is 0.500. The van der Waals surface area contributed by atoms with Gasteiger partial charge in [0.25, 0.3) is 0 Å². The van der Waals surface area contributed by atoms with E-state index in [0.717, 1.165) is 19.3 Å². The van der Waals surface area contributed by atoms with Gasteiger partial charge in [-0.15, -0.1) is 0 Å². The number of amides is 1. The molecule has 0 saturated carbocycles. The topological polar surface area (TPSA) is 66.5 Å². The monoisotopic (exact) mass is 330 g/mol. The van der Waals surface area contributed by atoms with Gasteiger partial charge in [-0.1, -0.05) is 11.6 Å². The van der Waals surface area contributed by atoms with Crippen LogP contribution in [0.4, 0.5) is 0 Å². The van der Waals surface area contributed by atoms with Crippen molar-refractivity contribution in [2.75, 3.05) is 13.1 Å². The highest BCUT2D eigenvalue weighted by molar-refractivity contribution is 7.89. The van der Waals surface area contributed by atoms with E-state index in [4.69, 9.17) is 11.6 Å². The molecule has 1 heterocycles. The van der Waals surface area contributed by atoms with E-state index in [1.807, 2.05) is 0 Å². The summed E-state index contributed by atoms with van der Waals surface area (Å²) < 4.78 is 26.9. The van der Waals surface area contributed by atoms with Crippen molar-refractivity contribution in [3.05, 3.63) is 29.3 Å².